The molecule has 18 heavy (non-hydrogen) atoms. The summed E-state index contributed by atoms with van der Waals surface area (Å²) in [4.78, 5) is 36.6. The largest absolute Gasteiger partial charge is 0.321 e. The van der Waals surface area contributed by atoms with Crippen LogP contribution in [0.4, 0.5) is 0 Å². The van der Waals surface area contributed by atoms with E-state index < -0.39 is 11.9 Å². The summed E-state index contributed by atoms with van der Waals surface area (Å²) in [6, 6.07) is -0.550. The molecule has 1 heterocycles. The van der Waals surface area contributed by atoms with E-state index in [0.717, 1.165) is 25.7 Å². The fraction of sp³-hybridized carbons (Fsp3) is 0.769. The third-order valence-electron chi connectivity index (χ3n) is 3.45. The molecule has 3 amide bonds. The molecule has 1 fully saturated rings. The van der Waals surface area contributed by atoms with Gasteiger partial charge in [-0.3, -0.25) is 19.7 Å². The molecule has 0 aromatic carbocycles. The van der Waals surface area contributed by atoms with Crippen molar-refractivity contribution in [1.29, 1.82) is 0 Å². The van der Waals surface area contributed by atoms with Crippen molar-refractivity contribution in [3.8, 4) is 0 Å². The van der Waals surface area contributed by atoms with Crippen LogP contribution < -0.4 is 5.32 Å². The molecule has 0 spiro atoms. The molecule has 0 aliphatic carbocycles. The second kappa shape index (κ2) is 6.52. The molecule has 1 saturated heterocycles. The molecule has 0 aromatic rings. The van der Waals surface area contributed by atoms with E-state index in [0.29, 0.717) is 0 Å². The van der Waals surface area contributed by atoms with Gasteiger partial charge in [-0.15, -0.1) is 0 Å². The van der Waals surface area contributed by atoms with Crippen molar-refractivity contribution in [3.63, 3.8) is 0 Å². The fourth-order valence-corrected chi connectivity index (χ4v) is 2.17. The molecule has 2 atom stereocenters. The molecule has 0 radical (unpaired) electrons. The highest BCUT2D eigenvalue weighted by atomic mass is 16.2. The van der Waals surface area contributed by atoms with Crippen LogP contribution in [0.25, 0.3) is 0 Å². The van der Waals surface area contributed by atoms with Gasteiger partial charge < -0.3 is 4.90 Å². The Kier molecular flexibility index (Phi) is 5.31. The van der Waals surface area contributed by atoms with E-state index in [-0.39, 0.29) is 24.3 Å². The first-order chi connectivity index (χ1) is 8.51. The second-order valence-electron chi connectivity index (χ2n) is 4.80. The van der Waals surface area contributed by atoms with Crippen LogP contribution in [0, 0.1) is 5.92 Å². The number of hydrogen-bond acceptors (Lipinski definition) is 3. The number of unbranched alkanes of at least 4 members (excludes halogenated alkanes) is 1. The van der Waals surface area contributed by atoms with Crippen molar-refractivity contribution < 1.29 is 14.4 Å². The lowest BCUT2D eigenvalue weighted by atomic mass is 9.96. The van der Waals surface area contributed by atoms with E-state index in [2.05, 4.69) is 12.2 Å². The Bertz CT molecular complexity index is 341. The van der Waals surface area contributed by atoms with Crippen LogP contribution in [0.15, 0.2) is 0 Å². The lowest BCUT2D eigenvalue weighted by Crippen LogP contribution is -2.59. The summed E-state index contributed by atoms with van der Waals surface area (Å²) < 4.78 is 0. The Morgan fingerprint density at radius 2 is 2.11 bits per heavy atom. The first kappa shape index (κ1) is 14.7. The number of carbonyl (C=O) groups excluding carboxylic acids is 3. The minimum absolute atomic E-state index is 0.00559. The van der Waals surface area contributed by atoms with Crippen LogP contribution in [0.5, 0.6) is 0 Å². The summed E-state index contributed by atoms with van der Waals surface area (Å²) in [5.41, 5.74) is 0. The maximum atomic E-state index is 12.3. The van der Waals surface area contributed by atoms with Crippen molar-refractivity contribution in [3.05, 3.63) is 0 Å². The van der Waals surface area contributed by atoms with Gasteiger partial charge in [-0.05, 0) is 19.8 Å². The number of hydrogen-bond donors (Lipinski definition) is 1. The minimum atomic E-state index is -0.550. The van der Waals surface area contributed by atoms with Gasteiger partial charge in [0.1, 0.15) is 12.6 Å². The predicted molar refractivity (Wildman–Crippen MR) is 67.6 cm³/mol. The zero-order valence-corrected chi connectivity index (χ0v) is 11.4. The topological polar surface area (TPSA) is 66.5 Å². The van der Waals surface area contributed by atoms with Gasteiger partial charge in [0.15, 0.2) is 0 Å². The number of imide groups is 1. The number of rotatable bonds is 5. The average Bonchev–Trinajstić information content (AvgIpc) is 2.34. The van der Waals surface area contributed by atoms with Crippen molar-refractivity contribution in [2.75, 3.05) is 6.54 Å². The number of piperazine rings is 1. The van der Waals surface area contributed by atoms with Crippen molar-refractivity contribution >= 4 is 17.7 Å². The molecule has 0 saturated carbocycles. The van der Waals surface area contributed by atoms with Gasteiger partial charge in [0.2, 0.25) is 17.7 Å². The molecule has 5 nitrogen and oxygen atoms in total. The Hall–Kier alpha value is -1.39. The number of nitrogens with zero attached hydrogens (tertiary/aromatic N) is 1. The van der Waals surface area contributed by atoms with Crippen LogP contribution in [0.1, 0.15) is 46.5 Å². The Balaban J connectivity index is 2.73. The van der Waals surface area contributed by atoms with Crippen LogP contribution >= 0.6 is 0 Å². The van der Waals surface area contributed by atoms with Crippen LogP contribution in [-0.4, -0.2) is 35.2 Å². The maximum absolute atomic E-state index is 12.3. The summed E-state index contributed by atoms with van der Waals surface area (Å²) in [5.74, 6) is -0.922. The summed E-state index contributed by atoms with van der Waals surface area (Å²) >= 11 is 0. The monoisotopic (exact) mass is 254 g/mol. The van der Waals surface area contributed by atoms with E-state index in [4.69, 9.17) is 0 Å². The van der Waals surface area contributed by atoms with Gasteiger partial charge in [-0.1, -0.05) is 26.7 Å². The average molecular weight is 254 g/mol. The van der Waals surface area contributed by atoms with Gasteiger partial charge >= 0.3 is 0 Å². The van der Waals surface area contributed by atoms with Crippen LogP contribution in [0.2, 0.25) is 0 Å². The molecule has 102 valence electrons. The Labute approximate surface area is 108 Å². The van der Waals surface area contributed by atoms with Gasteiger partial charge in [-0.25, -0.2) is 0 Å². The third-order valence-corrected chi connectivity index (χ3v) is 3.45. The van der Waals surface area contributed by atoms with E-state index >= 15 is 0 Å². The second-order valence-corrected chi connectivity index (χ2v) is 4.80. The smallest absolute Gasteiger partial charge is 0.249 e. The van der Waals surface area contributed by atoms with E-state index in [1.165, 1.54) is 4.90 Å². The van der Waals surface area contributed by atoms with Crippen molar-refractivity contribution in [2.24, 2.45) is 5.92 Å². The fourth-order valence-electron chi connectivity index (χ4n) is 2.17. The molecular weight excluding hydrogens is 232 g/mol. The quantitative estimate of drug-likeness (QED) is 0.746. The van der Waals surface area contributed by atoms with Crippen molar-refractivity contribution in [2.45, 2.75) is 52.5 Å². The van der Waals surface area contributed by atoms with Gasteiger partial charge in [-0.2, -0.15) is 0 Å². The zero-order valence-electron chi connectivity index (χ0n) is 11.4. The predicted octanol–water partition coefficient (Wildman–Crippen LogP) is 1.08. The zero-order chi connectivity index (χ0) is 13.7. The Morgan fingerprint density at radius 1 is 1.44 bits per heavy atom. The lowest BCUT2D eigenvalue weighted by Gasteiger charge is -2.34. The summed E-state index contributed by atoms with van der Waals surface area (Å²) in [6.07, 6.45) is 3.61. The number of nitrogens with one attached hydrogen (secondary N) is 1. The molecule has 2 unspecified atom stereocenters. The van der Waals surface area contributed by atoms with Gasteiger partial charge in [0.25, 0.3) is 0 Å². The minimum Gasteiger partial charge on any atom is -0.321 e. The summed E-state index contributed by atoms with van der Waals surface area (Å²) in [6.45, 7) is 5.70. The van der Waals surface area contributed by atoms with Gasteiger partial charge in [0.05, 0.1) is 0 Å². The summed E-state index contributed by atoms with van der Waals surface area (Å²) in [5, 5.41) is 2.24. The molecule has 0 aromatic heterocycles. The first-order valence-electron chi connectivity index (χ1n) is 6.65. The highest BCUT2D eigenvalue weighted by Crippen LogP contribution is 2.18. The Morgan fingerprint density at radius 3 is 2.67 bits per heavy atom. The van der Waals surface area contributed by atoms with Crippen LogP contribution in [0.3, 0.4) is 0 Å². The molecule has 0 bridgehead atoms. The number of carbonyl (C=O) groups is 3. The van der Waals surface area contributed by atoms with Crippen LogP contribution in [-0.2, 0) is 14.4 Å². The van der Waals surface area contributed by atoms with E-state index in [9.17, 15) is 14.4 Å². The highest BCUT2D eigenvalue weighted by molar-refractivity contribution is 6.04. The SMILES string of the molecule is CCCCC(CC)C(=O)N1CC(=O)NC(=O)C1C. The molecule has 5 heteroatoms. The number of amides is 3. The maximum Gasteiger partial charge on any atom is 0.249 e. The molecular formula is C13H22N2O3. The summed E-state index contributed by atoms with van der Waals surface area (Å²) in [7, 11) is 0. The van der Waals surface area contributed by atoms with E-state index in [1.807, 2.05) is 6.92 Å². The van der Waals surface area contributed by atoms with Crippen molar-refractivity contribution in [1.82, 2.24) is 10.2 Å². The molecule has 1 N–H and O–H groups in total. The molecule has 1 rings (SSSR count). The van der Waals surface area contributed by atoms with Gasteiger partial charge in [0, 0.05) is 5.92 Å². The van der Waals surface area contributed by atoms with E-state index in [1.54, 1.807) is 6.92 Å². The highest BCUT2D eigenvalue weighted by Gasteiger charge is 2.35. The molecule has 1 aliphatic heterocycles. The molecule has 1 aliphatic rings. The normalized spacial score (nSPS) is 21.7. The lowest BCUT2D eigenvalue weighted by molar-refractivity contribution is -0.151. The standard InChI is InChI=1S/C13H22N2O3/c1-4-6-7-10(5-2)13(18)15-8-11(16)14-12(17)9(15)3/h9-10H,4-8H2,1-3H3,(H,14,16,17). The first-order valence-corrected chi connectivity index (χ1v) is 6.65. The third kappa shape index (κ3) is 3.31.